The zero-order valence-corrected chi connectivity index (χ0v) is 9.60. The first-order chi connectivity index (χ1) is 7.74. The monoisotopic (exact) mass is 224 g/mol. The van der Waals surface area contributed by atoms with E-state index >= 15 is 0 Å². The summed E-state index contributed by atoms with van der Waals surface area (Å²) in [6.07, 6.45) is 6.71. The number of rotatable bonds is 2. The average Bonchev–Trinajstić information content (AvgIpc) is 2.77. The van der Waals surface area contributed by atoms with Gasteiger partial charge in [-0.15, -0.1) is 0 Å². The van der Waals surface area contributed by atoms with E-state index in [1.807, 2.05) is 0 Å². The molecule has 0 spiro atoms. The van der Waals surface area contributed by atoms with Crippen molar-refractivity contribution in [2.24, 2.45) is 11.7 Å². The van der Waals surface area contributed by atoms with Crippen LogP contribution in [0, 0.1) is 5.92 Å². The molecule has 0 aromatic carbocycles. The molecule has 0 bridgehead atoms. The molecule has 16 heavy (non-hydrogen) atoms. The fourth-order valence-electron chi connectivity index (χ4n) is 2.89. The molecular weight excluding hydrogens is 204 g/mol. The third-order valence-electron chi connectivity index (χ3n) is 3.88. The lowest BCUT2D eigenvalue weighted by molar-refractivity contribution is -0.139. The van der Waals surface area contributed by atoms with Crippen molar-refractivity contribution in [2.75, 3.05) is 6.54 Å². The maximum atomic E-state index is 12.3. The molecule has 2 N–H and O–H groups in total. The van der Waals surface area contributed by atoms with Crippen LogP contribution in [0.2, 0.25) is 0 Å². The number of carbonyl (C=O) groups is 2. The van der Waals surface area contributed by atoms with Gasteiger partial charge in [-0.25, -0.2) is 0 Å². The highest BCUT2D eigenvalue weighted by Crippen LogP contribution is 2.27. The first kappa shape index (κ1) is 11.6. The smallest absolute Gasteiger partial charge is 0.227 e. The predicted octanol–water partition coefficient (Wildman–Crippen LogP) is 0.694. The number of carbonyl (C=O) groups excluding carboxylic acids is 2. The van der Waals surface area contributed by atoms with Gasteiger partial charge in [0.15, 0.2) is 0 Å². The number of likely N-dealkylation sites (tertiary alicyclic amines) is 1. The first-order valence-electron chi connectivity index (χ1n) is 6.25. The summed E-state index contributed by atoms with van der Waals surface area (Å²) in [5.41, 5.74) is 6.00. The molecule has 2 fully saturated rings. The highest BCUT2D eigenvalue weighted by atomic mass is 16.2. The van der Waals surface area contributed by atoms with E-state index in [4.69, 9.17) is 5.73 Å². The van der Waals surface area contributed by atoms with Gasteiger partial charge in [0.05, 0.1) is 12.0 Å². The van der Waals surface area contributed by atoms with Crippen LogP contribution in [0.5, 0.6) is 0 Å². The van der Waals surface area contributed by atoms with E-state index < -0.39 is 0 Å². The Balaban J connectivity index is 2.02. The lowest BCUT2D eigenvalue weighted by atomic mass is 9.84. The maximum absolute atomic E-state index is 12.3. The molecule has 1 amide bonds. The normalized spacial score (nSPS) is 35.1. The van der Waals surface area contributed by atoms with E-state index in [1.165, 1.54) is 0 Å². The highest BCUT2D eigenvalue weighted by Gasteiger charge is 2.36. The average molecular weight is 224 g/mol. The topological polar surface area (TPSA) is 63.4 Å². The minimum atomic E-state index is -0.193. The molecule has 2 aliphatic rings. The number of hydrogen-bond donors (Lipinski definition) is 1. The quantitative estimate of drug-likeness (QED) is 0.702. The summed E-state index contributed by atoms with van der Waals surface area (Å²) >= 11 is 0. The Morgan fingerprint density at radius 2 is 1.94 bits per heavy atom. The fraction of sp³-hybridized carbons (Fsp3) is 0.833. The fourth-order valence-corrected chi connectivity index (χ4v) is 2.89. The van der Waals surface area contributed by atoms with Crippen molar-refractivity contribution in [3.05, 3.63) is 0 Å². The second kappa shape index (κ2) is 4.95. The number of nitrogens with zero attached hydrogens (tertiary/aromatic N) is 1. The molecule has 0 radical (unpaired) electrons. The van der Waals surface area contributed by atoms with Crippen LogP contribution in [-0.2, 0) is 9.59 Å². The van der Waals surface area contributed by atoms with Crippen LogP contribution in [-0.4, -0.2) is 35.7 Å². The third-order valence-corrected chi connectivity index (χ3v) is 3.88. The third kappa shape index (κ3) is 2.12. The van der Waals surface area contributed by atoms with Crippen molar-refractivity contribution in [1.82, 2.24) is 4.90 Å². The summed E-state index contributed by atoms with van der Waals surface area (Å²) in [4.78, 5) is 24.9. The molecule has 1 aliphatic heterocycles. The lowest BCUT2D eigenvalue weighted by Gasteiger charge is -2.32. The summed E-state index contributed by atoms with van der Waals surface area (Å²) in [6.45, 7) is 0.728. The summed E-state index contributed by atoms with van der Waals surface area (Å²) in [7, 11) is 0. The molecule has 3 atom stereocenters. The summed E-state index contributed by atoms with van der Waals surface area (Å²) in [6, 6.07) is -0.198. The molecule has 1 saturated carbocycles. The molecular formula is C12H20N2O2. The van der Waals surface area contributed by atoms with Crippen LogP contribution in [0.15, 0.2) is 0 Å². The largest absolute Gasteiger partial charge is 0.333 e. The van der Waals surface area contributed by atoms with Crippen LogP contribution in [0.4, 0.5) is 0 Å². The van der Waals surface area contributed by atoms with Crippen LogP contribution in [0.1, 0.15) is 38.5 Å². The van der Waals surface area contributed by atoms with Gasteiger partial charge >= 0.3 is 0 Å². The minimum Gasteiger partial charge on any atom is -0.333 e. The van der Waals surface area contributed by atoms with Crippen molar-refractivity contribution in [2.45, 2.75) is 50.6 Å². The SMILES string of the molecule is NC1CCCCC1C(=O)N1CCCC1C=O. The molecule has 1 heterocycles. The van der Waals surface area contributed by atoms with E-state index in [0.717, 1.165) is 51.4 Å². The van der Waals surface area contributed by atoms with Gasteiger partial charge < -0.3 is 15.4 Å². The molecule has 4 nitrogen and oxygen atoms in total. The van der Waals surface area contributed by atoms with Crippen molar-refractivity contribution in [3.63, 3.8) is 0 Å². The minimum absolute atomic E-state index is 0.00541. The molecule has 3 unspecified atom stereocenters. The summed E-state index contributed by atoms with van der Waals surface area (Å²) in [5.74, 6) is 0.0658. The van der Waals surface area contributed by atoms with Gasteiger partial charge in [-0.2, -0.15) is 0 Å². The highest BCUT2D eigenvalue weighted by molar-refractivity contribution is 5.83. The summed E-state index contributed by atoms with van der Waals surface area (Å²) < 4.78 is 0. The van der Waals surface area contributed by atoms with Gasteiger partial charge in [-0.1, -0.05) is 12.8 Å². The molecule has 0 aromatic rings. The van der Waals surface area contributed by atoms with Crippen molar-refractivity contribution >= 4 is 12.2 Å². The zero-order valence-electron chi connectivity index (χ0n) is 9.60. The molecule has 0 aromatic heterocycles. The first-order valence-corrected chi connectivity index (χ1v) is 6.25. The van der Waals surface area contributed by atoms with Crippen molar-refractivity contribution in [3.8, 4) is 0 Å². The lowest BCUT2D eigenvalue weighted by Crippen LogP contribution is -2.47. The van der Waals surface area contributed by atoms with Gasteiger partial charge in [-0.05, 0) is 25.7 Å². The van der Waals surface area contributed by atoms with Gasteiger partial charge in [0.1, 0.15) is 6.29 Å². The van der Waals surface area contributed by atoms with Crippen molar-refractivity contribution in [1.29, 1.82) is 0 Å². The van der Waals surface area contributed by atoms with Crippen LogP contribution in [0.3, 0.4) is 0 Å². The number of nitrogens with two attached hydrogens (primary N) is 1. The molecule has 1 aliphatic carbocycles. The maximum Gasteiger partial charge on any atom is 0.227 e. The second-order valence-corrected chi connectivity index (χ2v) is 4.93. The van der Waals surface area contributed by atoms with Crippen molar-refractivity contribution < 1.29 is 9.59 Å². The Morgan fingerprint density at radius 1 is 1.19 bits per heavy atom. The molecule has 90 valence electrons. The Morgan fingerprint density at radius 3 is 2.62 bits per heavy atom. The van der Waals surface area contributed by atoms with Gasteiger partial charge in [0, 0.05) is 12.6 Å². The zero-order chi connectivity index (χ0) is 11.5. The Kier molecular flexibility index (Phi) is 3.59. The van der Waals surface area contributed by atoms with Crippen LogP contribution in [0.25, 0.3) is 0 Å². The Bertz CT molecular complexity index is 280. The molecule has 4 heteroatoms. The van der Waals surface area contributed by atoms with E-state index in [2.05, 4.69) is 0 Å². The van der Waals surface area contributed by atoms with E-state index in [0.29, 0.717) is 0 Å². The van der Waals surface area contributed by atoms with E-state index in [1.54, 1.807) is 4.90 Å². The predicted molar refractivity (Wildman–Crippen MR) is 60.7 cm³/mol. The van der Waals surface area contributed by atoms with Gasteiger partial charge in [-0.3, -0.25) is 4.79 Å². The van der Waals surface area contributed by atoms with Gasteiger partial charge in [0.25, 0.3) is 0 Å². The summed E-state index contributed by atoms with van der Waals surface area (Å²) in [5, 5.41) is 0. The van der Waals surface area contributed by atoms with E-state index in [-0.39, 0.29) is 23.9 Å². The second-order valence-electron chi connectivity index (χ2n) is 4.93. The number of amides is 1. The Hall–Kier alpha value is -0.900. The molecule has 2 rings (SSSR count). The number of hydrogen-bond acceptors (Lipinski definition) is 3. The number of aldehydes is 1. The molecule has 1 saturated heterocycles. The van der Waals surface area contributed by atoms with E-state index in [9.17, 15) is 9.59 Å². The Labute approximate surface area is 96.2 Å². The standard InChI is InChI=1S/C12H20N2O2/c13-11-6-2-1-5-10(11)12(16)14-7-3-4-9(14)8-15/h8-11H,1-7,13H2. The van der Waals surface area contributed by atoms with Gasteiger partial charge in [0.2, 0.25) is 5.91 Å². The van der Waals surface area contributed by atoms with Crippen LogP contribution < -0.4 is 5.73 Å². The van der Waals surface area contributed by atoms with Crippen LogP contribution >= 0.6 is 0 Å².